The summed E-state index contributed by atoms with van der Waals surface area (Å²) in [5.41, 5.74) is 1.22. The molecule has 0 saturated carbocycles. The van der Waals surface area contributed by atoms with Crippen molar-refractivity contribution in [2.75, 3.05) is 13.2 Å². The van der Waals surface area contributed by atoms with E-state index in [1.54, 1.807) is 0 Å². The van der Waals surface area contributed by atoms with Gasteiger partial charge < -0.3 is 14.8 Å². The van der Waals surface area contributed by atoms with Crippen molar-refractivity contribution in [1.82, 2.24) is 5.32 Å². The van der Waals surface area contributed by atoms with Gasteiger partial charge in [-0.05, 0) is 25.1 Å². The summed E-state index contributed by atoms with van der Waals surface area (Å²) in [5.74, 6) is 1.91. The minimum absolute atomic E-state index is 0.374. The number of ether oxygens (including phenoxy) is 2. The van der Waals surface area contributed by atoms with Crippen LogP contribution in [0.3, 0.4) is 0 Å². The van der Waals surface area contributed by atoms with Crippen molar-refractivity contribution in [2.45, 2.75) is 39.3 Å². The van der Waals surface area contributed by atoms with E-state index in [-0.39, 0.29) is 0 Å². The normalized spacial score (nSPS) is 18.7. The molecule has 1 aliphatic rings. The van der Waals surface area contributed by atoms with Crippen molar-refractivity contribution in [3.8, 4) is 11.5 Å². The molecule has 0 aliphatic carbocycles. The molecule has 1 aliphatic heterocycles. The zero-order chi connectivity index (χ0) is 12.3. The molecule has 0 bridgehead atoms. The molecule has 1 heterocycles. The van der Waals surface area contributed by atoms with Gasteiger partial charge in [-0.2, -0.15) is 0 Å². The van der Waals surface area contributed by atoms with Gasteiger partial charge in [0.1, 0.15) is 11.5 Å². The predicted octanol–water partition coefficient (Wildman–Crippen LogP) is 2.91. The average molecular weight is 235 g/mol. The molecule has 0 fully saturated rings. The Morgan fingerprint density at radius 1 is 1.47 bits per heavy atom. The molecule has 94 valence electrons. The van der Waals surface area contributed by atoms with E-state index in [2.05, 4.69) is 25.2 Å². The van der Waals surface area contributed by atoms with Crippen molar-refractivity contribution in [3.05, 3.63) is 23.8 Å². The Morgan fingerprint density at radius 3 is 3.00 bits per heavy atom. The number of hydrogen-bond acceptors (Lipinski definition) is 3. The topological polar surface area (TPSA) is 30.5 Å². The van der Waals surface area contributed by atoms with Gasteiger partial charge in [-0.1, -0.05) is 13.8 Å². The first-order valence-corrected chi connectivity index (χ1v) is 6.36. The largest absolute Gasteiger partial charge is 0.494 e. The Morgan fingerprint density at radius 2 is 2.29 bits per heavy atom. The van der Waals surface area contributed by atoms with Crippen molar-refractivity contribution < 1.29 is 9.47 Å². The van der Waals surface area contributed by atoms with E-state index in [9.17, 15) is 0 Å². The van der Waals surface area contributed by atoms with Crippen molar-refractivity contribution in [3.63, 3.8) is 0 Å². The molecule has 0 spiro atoms. The zero-order valence-corrected chi connectivity index (χ0v) is 10.8. The third-order valence-corrected chi connectivity index (χ3v) is 2.87. The number of benzene rings is 1. The highest BCUT2D eigenvalue weighted by Gasteiger charge is 2.22. The smallest absolute Gasteiger partial charge is 0.124 e. The SMILES string of the molecule is CCOc1ccc2c(c1)C(NC(C)C)CCO2. The van der Waals surface area contributed by atoms with E-state index in [1.807, 2.05) is 19.1 Å². The summed E-state index contributed by atoms with van der Waals surface area (Å²) < 4.78 is 11.2. The highest BCUT2D eigenvalue weighted by atomic mass is 16.5. The van der Waals surface area contributed by atoms with Gasteiger partial charge >= 0.3 is 0 Å². The van der Waals surface area contributed by atoms with E-state index in [1.165, 1.54) is 5.56 Å². The Hall–Kier alpha value is -1.22. The van der Waals surface area contributed by atoms with Crippen LogP contribution in [0, 0.1) is 0 Å². The molecular weight excluding hydrogens is 214 g/mol. The third-order valence-electron chi connectivity index (χ3n) is 2.87. The van der Waals surface area contributed by atoms with E-state index >= 15 is 0 Å². The fourth-order valence-corrected chi connectivity index (χ4v) is 2.20. The van der Waals surface area contributed by atoms with Crippen LogP contribution in [-0.4, -0.2) is 19.3 Å². The van der Waals surface area contributed by atoms with Crippen LogP contribution in [0.2, 0.25) is 0 Å². The van der Waals surface area contributed by atoms with Crippen LogP contribution < -0.4 is 14.8 Å². The molecule has 3 heteroatoms. The highest BCUT2D eigenvalue weighted by Crippen LogP contribution is 2.35. The molecule has 1 aromatic rings. The Bertz CT molecular complexity index is 376. The molecular formula is C14H21NO2. The maximum absolute atomic E-state index is 5.67. The molecule has 3 nitrogen and oxygen atoms in total. The summed E-state index contributed by atoms with van der Waals surface area (Å²) >= 11 is 0. The first kappa shape index (κ1) is 12.2. The van der Waals surface area contributed by atoms with Crippen LogP contribution >= 0.6 is 0 Å². The second-order valence-corrected chi connectivity index (χ2v) is 4.64. The molecule has 0 amide bonds. The lowest BCUT2D eigenvalue weighted by atomic mass is 9.99. The van der Waals surface area contributed by atoms with Crippen LogP contribution in [0.5, 0.6) is 11.5 Å². The van der Waals surface area contributed by atoms with Gasteiger partial charge in [0.2, 0.25) is 0 Å². The zero-order valence-electron chi connectivity index (χ0n) is 10.8. The van der Waals surface area contributed by atoms with Crippen molar-refractivity contribution >= 4 is 0 Å². The summed E-state index contributed by atoms with van der Waals surface area (Å²) in [6.07, 6.45) is 1.01. The highest BCUT2D eigenvalue weighted by molar-refractivity contribution is 5.43. The standard InChI is InChI=1S/C14H21NO2/c1-4-16-11-5-6-14-12(9-11)13(7-8-17-14)15-10(2)3/h5-6,9-10,13,15H,4,7-8H2,1-3H3. The molecule has 17 heavy (non-hydrogen) atoms. The first-order valence-electron chi connectivity index (χ1n) is 6.36. The Kier molecular flexibility index (Phi) is 3.89. The van der Waals surface area contributed by atoms with E-state index < -0.39 is 0 Å². The van der Waals surface area contributed by atoms with Gasteiger partial charge in [-0.25, -0.2) is 0 Å². The molecule has 0 radical (unpaired) electrons. The van der Waals surface area contributed by atoms with Crippen LogP contribution in [0.15, 0.2) is 18.2 Å². The molecule has 1 N–H and O–H groups in total. The summed E-state index contributed by atoms with van der Waals surface area (Å²) in [7, 11) is 0. The maximum Gasteiger partial charge on any atom is 0.124 e. The van der Waals surface area contributed by atoms with Crippen molar-refractivity contribution in [2.24, 2.45) is 0 Å². The first-order chi connectivity index (χ1) is 8.20. The summed E-state index contributed by atoms with van der Waals surface area (Å²) in [5, 5.41) is 3.57. The van der Waals surface area contributed by atoms with Crippen LogP contribution in [0.4, 0.5) is 0 Å². The predicted molar refractivity (Wildman–Crippen MR) is 68.7 cm³/mol. The lowest BCUT2D eigenvalue weighted by Gasteiger charge is -2.28. The second-order valence-electron chi connectivity index (χ2n) is 4.64. The van der Waals surface area contributed by atoms with Gasteiger partial charge in [0.15, 0.2) is 0 Å². The van der Waals surface area contributed by atoms with Crippen LogP contribution in [-0.2, 0) is 0 Å². The minimum atomic E-state index is 0.374. The molecule has 0 saturated heterocycles. The second kappa shape index (κ2) is 5.41. The fraction of sp³-hybridized carbons (Fsp3) is 0.571. The lowest BCUT2D eigenvalue weighted by molar-refractivity contribution is 0.246. The summed E-state index contributed by atoms with van der Waals surface area (Å²) in [6.45, 7) is 7.82. The monoisotopic (exact) mass is 235 g/mol. The third kappa shape index (κ3) is 2.91. The number of nitrogens with one attached hydrogen (secondary N) is 1. The maximum atomic E-state index is 5.67. The van der Waals surface area contributed by atoms with Gasteiger partial charge in [-0.3, -0.25) is 0 Å². The fourth-order valence-electron chi connectivity index (χ4n) is 2.20. The number of rotatable bonds is 4. The van der Waals surface area contributed by atoms with E-state index in [0.717, 1.165) is 24.5 Å². The molecule has 1 aromatic carbocycles. The van der Waals surface area contributed by atoms with E-state index in [0.29, 0.717) is 18.7 Å². The minimum Gasteiger partial charge on any atom is -0.494 e. The van der Waals surface area contributed by atoms with Gasteiger partial charge in [0.25, 0.3) is 0 Å². The van der Waals surface area contributed by atoms with Crippen molar-refractivity contribution in [1.29, 1.82) is 0 Å². The molecule has 0 aromatic heterocycles. The molecule has 2 rings (SSSR count). The molecule has 1 atom stereocenters. The Balaban J connectivity index is 2.24. The van der Waals surface area contributed by atoms with Gasteiger partial charge in [0.05, 0.1) is 13.2 Å². The number of fused-ring (bicyclic) bond motifs is 1. The van der Waals surface area contributed by atoms with Crippen LogP contribution in [0.25, 0.3) is 0 Å². The Labute approximate surface area is 103 Å². The van der Waals surface area contributed by atoms with Crippen LogP contribution in [0.1, 0.15) is 38.8 Å². The molecule has 1 unspecified atom stereocenters. The van der Waals surface area contributed by atoms with Gasteiger partial charge in [-0.15, -0.1) is 0 Å². The van der Waals surface area contributed by atoms with E-state index in [4.69, 9.17) is 9.47 Å². The summed E-state index contributed by atoms with van der Waals surface area (Å²) in [6, 6.07) is 6.92. The van der Waals surface area contributed by atoms with Gasteiger partial charge in [0, 0.05) is 24.1 Å². The summed E-state index contributed by atoms with van der Waals surface area (Å²) in [4.78, 5) is 0. The number of hydrogen-bond donors (Lipinski definition) is 1. The average Bonchev–Trinajstić information content (AvgIpc) is 2.29. The quantitative estimate of drug-likeness (QED) is 0.870. The lowest BCUT2D eigenvalue weighted by Crippen LogP contribution is -2.31.